The van der Waals surface area contributed by atoms with E-state index in [0.717, 1.165) is 49.8 Å². The molecule has 0 aromatic carbocycles. The summed E-state index contributed by atoms with van der Waals surface area (Å²) in [7, 11) is 3.94. The Morgan fingerprint density at radius 2 is 1.94 bits per heavy atom. The van der Waals surface area contributed by atoms with Gasteiger partial charge in [-0.2, -0.15) is 9.49 Å². The Morgan fingerprint density at radius 3 is 2.76 bits per heavy atom. The van der Waals surface area contributed by atoms with Gasteiger partial charge in [-0.1, -0.05) is 0 Å². The minimum atomic E-state index is -0.238. The predicted octanol–water partition coefficient (Wildman–Crippen LogP) is 4.89. The first-order valence-electron chi connectivity index (χ1n) is 10.2. The van der Waals surface area contributed by atoms with Crippen molar-refractivity contribution in [3.63, 3.8) is 0 Å². The largest absolute Gasteiger partial charge is 0.376 e. The van der Waals surface area contributed by atoms with E-state index in [1.54, 1.807) is 18.5 Å². The second-order valence-corrected chi connectivity index (χ2v) is 8.77. The molecule has 162 valence electrons. The zero-order chi connectivity index (χ0) is 22.5. The van der Waals surface area contributed by atoms with Crippen molar-refractivity contribution in [3.05, 3.63) is 60.1 Å². The van der Waals surface area contributed by atoms with Crippen LogP contribution in [0.2, 0.25) is 0 Å². The third-order valence-electron chi connectivity index (χ3n) is 5.40. The summed E-state index contributed by atoms with van der Waals surface area (Å²) < 4.78 is 13.6. The highest BCUT2D eigenvalue weighted by atomic mass is 32.1. The minimum absolute atomic E-state index is 0.238. The summed E-state index contributed by atoms with van der Waals surface area (Å²) in [5, 5.41) is 7.24. The normalized spacial score (nSPS) is 11.5. The zero-order valence-corrected chi connectivity index (χ0v) is 18.5. The standard InChI is InChI=1S/C23H17FN8S/c1-32(2)13-9-12(10-25-11-13)15-3-4-16-20(27-15)21(31-30-16)23-28-19-14(7-8-26-22(19)29-23)17-5-6-18(24)33-17/h3-11H,1-2H3,(H,30,31)(H,26,28,29). The van der Waals surface area contributed by atoms with Gasteiger partial charge in [-0.15, -0.1) is 11.3 Å². The fourth-order valence-corrected chi connectivity index (χ4v) is 4.49. The van der Waals surface area contributed by atoms with Gasteiger partial charge in [0.25, 0.3) is 0 Å². The van der Waals surface area contributed by atoms with Gasteiger partial charge in [-0.05, 0) is 36.4 Å². The minimum Gasteiger partial charge on any atom is -0.376 e. The highest BCUT2D eigenvalue weighted by molar-refractivity contribution is 7.14. The number of thiophene rings is 1. The molecular formula is C23H17FN8S. The van der Waals surface area contributed by atoms with Crippen molar-refractivity contribution in [2.75, 3.05) is 19.0 Å². The smallest absolute Gasteiger partial charge is 0.178 e. The van der Waals surface area contributed by atoms with Gasteiger partial charge in [-0.3, -0.25) is 10.1 Å². The number of nitrogens with one attached hydrogen (secondary N) is 2. The molecule has 0 saturated heterocycles. The number of hydrogen-bond acceptors (Lipinski definition) is 7. The number of aromatic nitrogens is 7. The predicted molar refractivity (Wildman–Crippen MR) is 128 cm³/mol. The van der Waals surface area contributed by atoms with Crippen molar-refractivity contribution in [2.45, 2.75) is 0 Å². The lowest BCUT2D eigenvalue weighted by Crippen LogP contribution is -2.08. The number of rotatable bonds is 4. The lowest BCUT2D eigenvalue weighted by atomic mass is 10.1. The summed E-state index contributed by atoms with van der Waals surface area (Å²) in [6.07, 6.45) is 5.27. The van der Waals surface area contributed by atoms with E-state index in [4.69, 9.17) is 4.98 Å². The number of aromatic amines is 2. The zero-order valence-electron chi connectivity index (χ0n) is 17.7. The lowest BCUT2D eigenvalue weighted by Gasteiger charge is -2.12. The number of pyridine rings is 3. The molecule has 0 bridgehead atoms. The molecule has 0 aliphatic heterocycles. The summed E-state index contributed by atoms with van der Waals surface area (Å²) in [6.45, 7) is 0. The van der Waals surface area contributed by atoms with Gasteiger partial charge in [0.05, 0.1) is 28.6 Å². The lowest BCUT2D eigenvalue weighted by molar-refractivity contribution is 0.657. The fraction of sp³-hybridized carbons (Fsp3) is 0.0870. The van der Waals surface area contributed by atoms with Crippen LogP contribution in [0.5, 0.6) is 0 Å². The number of fused-ring (bicyclic) bond motifs is 2. The average molecular weight is 457 g/mol. The van der Waals surface area contributed by atoms with Gasteiger partial charge in [-0.25, -0.2) is 15.0 Å². The molecule has 0 saturated carbocycles. The molecule has 6 aromatic rings. The number of imidazole rings is 1. The second kappa shape index (κ2) is 7.45. The third-order valence-corrected chi connectivity index (χ3v) is 6.31. The number of hydrogen-bond donors (Lipinski definition) is 2. The van der Waals surface area contributed by atoms with Crippen LogP contribution in [0.3, 0.4) is 0 Å². The van der Waals surface area contributed by atoms with Crippen molar-refractivity contribution in [3.8, 4) is 33.2 Å². The van der Waals surface area contributed by atoms with E-state index in [2.05, 4.69) is 30.1 Å². The number of halogens is 1. The van der Waals surface area contributed by atoms with E-state index in [1.807, 2.05) is 49.5 Å². The molecule has 0 atom stereocenters. The van der Waals surface area contributed by atoms with Crippen molar-refractivity contribution in [1.82, 2.24) is 35.1 Å². The van der Waals surface area contributed by atoms with Crippen molar-refractivity contribution in [1.29, 1.82) is 0 Å². The molecule has 0 radical (unpaired) electrons. The summed E-state index contributed by atoms with van der Waals surface area (Å²) in [6, 6.07) is 11.0. The van der Waals surface area contributed by atoms with Gasteiger partial charge >= 0.3 is 0 Å². The molecule has 0 unspecified atom stereocenters. The first kappa shape index (κ1) is 19.5. The van der Waals surface area contributed by atoms with Gasteiger partial charge in [0.2, 0.25) is 0 Å². The molecule has 6 aromatic heterocycles. The Balaban J connectivity index is 1.48. The molecule has 2 N–H and O–H groups in total. The van der Waals surface area contributed by atoms with E-state index in [-0.39, 0.29) is 5.13 Å². The van der Waals surface area contributed by atoms with Gasteiger partial charge < -0.3 is 9.88 Å². The molecule has 0 aliphatic rings. The summed E-state index contributed by atoms with van der Waals surface area (Å²) in [4.78, 5) is 24.3. The van der Waals surface area contributed by atoms with E-state index in [1.165, 1.54) is 6.07 Å². The Hall–Kier alpha value is -4.18. The SMILES string of the molecule is CN(C)c1cncc(-c2ccc3[nH]nc(-c4nc5nccc(-c6ccc(F)s6)c5[nH]4)c3n2)c1. The Bertz CT molecular complexity index is 1630. The summed E-state index contributed by atoms with van der Waals surface area (Å²) in [5.74, 6) is 0.540. The monoisotopic (exact) mass is 456 g/mol. The maximum Gasteiger partial charge on any atom is 0.178 e. The van der Waals surface area contributed by atoms with Crippen LogP contribution in [0.4, 0.5) is 10.1 Å². The maximum absolute atomic E-state index is 13.6. The number of nitrogens with zero attached hydrogens (tertiary/aromatic N) is 6. The molecule has 0 aliphatic carbocycles. The van der Waals surface area contributed by atoms with Crippen molar-refractivity contribution >= 4 is 39.2 Å². The maximum atomic E-state index is 13.6. The van der Waals surface area contributed by atoms with Crippen LogP contribution in [0.15, 0.2) is 55.0 Å². The van der Waals surface area contributed by atoms with E-state index < -0.39 is 0 Å². The van der Waals surface area contributed by atoms with Crippen molar-refractivity contribution < 1.29 is 4.39 Å². The number of anilines is 1. The fourth-order valence-electron chi connectivity index (χ4n) is 3.72. The van der Waals surface area contributed by atoms with Crippen LogP contribution in [0.1, 0.15) is 0 Å². The molecule has 0 spiro atoms. The van der Waals surface area contributed by atoms with Crippen LogP contribution < -0.4 is 4.90 Å². The Kier molecular flexibility index (Phi) is 4.40. The number of H-pyrrole nitrogens is 2. The summed E-state index contributed by atoms with van der Waals surface area (Å²) >= 11 is 1.08. The highest BCUT2D eigenvalue weighted by Crippen LogP contribution is 2.34. The van der Waals surface area contributed by atoms with Crippen LogP contribution in [-0.2, 0) is 0 Å². The quantitative estimate of drug-likeness (QED) is 0.392. The average Bonchev–Trinajstić information content (AvgIpc) is 3.55. The van der Waals surface area contributed by atoms with E-state index in [9.17, 15) is 4.39 Å². The first-order chi connectivity index (χ1) is 16.1. The van der Waals surface area contributed by atoms with Crippen LogP contribution in [-0.4, -0.2) is 49.2 Å². The van der Waals surface area contributed by atoms with Crippen molar-refractivity contribution in [2.24, 2.45) is 0 Å². The first-order valence-corrected chi connectivity index (χ1v) is 11.0. The molecule has 10 heteroatoms. The molecule has 6 heterocycles. The molecular weight excluding hydrogens is 439 g/mol. The Morgan fingerprint density at radius 1 is 1.03 bits per heavy atom. The summed E-state index contributed by atoms with van der Waals surface area (Å²) in [5.41, 5.74) is 6.84. The highest BCUT2D eigenvalue weighted by Gasteiger charge is 2.18. The van der Waals surface area contributed by atoms with E-state index >= 15 is 0 Å². The van der Waals surface area contributed by atoms with Gasteiger partial charge in [0.15, 0.2) is 22.3 Å². The van der Waals surface area contributed by atoms with Crippen LogP contribution in [0, 0.1) is 5.13 Å². The van der Waals surface area contributed by atoms with Gasteiger partial charge in [0, 0.05) is 42.5 Å². The molecule has 0 amide bonds. The van der Waals surface area contributed by atoms with Gasteiger partial charge in [0.1, 0.15) is 5.52 Å². The van der Waals surface area contributed by atoms with Crippen LogP contribution in [0.25, 0.3) is 55.4 Å². The third kappa shape index (κ3) is 3.31. The molecule has 6 rings (SSSR count). The molecule has 33 heavy (non-hydrogen) atoms. The Labute approximate surface area is 191 Å². The second-order valence-electron chi connectivity index (χ2n) is 7.74. The molecule has 8 nitrogen and oxygen atoms in total. The van der Waals surface area contributed by atoms with Crippen LogP contribution >= 0.6 is 11.3 Å². The van der Waals surface area contributed by atoms with E-state index in [0.29, 0.717) is 22.7 Å². The topological polar surface area (TPSA) is 99.3 Å². The molecule has 0 fully saturated rings.